The van der Waals surface area contributed by atoms with Crippen LogP contribution in [0.15, 0.2) is 47.4 Å². The number of hydrogen-bond donors (Lipinski definition) is 0. The lowest BCUT2D eigenvalue weighted by Crippen LogP contribution is -2.30. The molecule has 2 aromatic carbocycles. The number of hydrogen-bond acceptors (Lipinski definition) is 3. The highest BCUT2D eigenvalue weighted by atomic mass is 32.2. The normalized spacial score (nSPS) is 11.4. The number of nitrogens with zero attached hydrogens (tertiary/aromatic N) is 2. The summed E-state index contributed by atoms with van der Waals surface area (Å²) in [6, 6.07) is 14.2. The summed E-state index contributed by atoms with van der Waals surface area (Å²) in [7, 11) is -3.54. The lowest BCUT2D eigenvalue weighted by atomic mass is 10.1. The Bertz CT molecular complexity index is 834. The molecule has 0 bridgehead atoms. The second-order valence-electron chi connectivity index (χ2n) is 5.49. The van der Waals surface area contributed by atoms with E-state index in [-0.39, 0.29) is 6.54 Å². The molecule has 0 fully saturated rings. The summed E-state index contributed by atoms with van der Waals surface area (Å²) in [5.74, 6) is 0. The molecule has 5 heteroatoms. The molecular formula is C18H20N2O2S. The first kappa shape index (κ1) is 17.2. The van der Waals surface area contributed by atoms with Crippen molar-refractivity contribution in [2.75, 3.05) is 6.54 Å². The number of nitriles is 1. The van der Waals surface area contributed by atoms with Gasteiger partial charge >= 0.3 is 0 Å². The SMILES string of the molecule is CCN(Cc1ccc(C#N)cc1)S(=O)(=O)c1ccc(C)c(C)c1. The van der Waals surface area contributed by atoms with Crippen LogP contribution in [0.2, 0.25) is 0 Å². The Morgan fingerprint density at radius 2 is 1.70 bits per heavy atom. The van der Waals surface area contributed by atoms with Gasteiger partial charge in [-0.3, -0.25) is 0 Å². The first-order chi connectivity index (χ1) is 10.9. The quantitative estimate of drug-likeness (QED) is 0.845. The van der Waals surface area contributed by atoms with Crippen molar-refractivity contribution in [3.63, 3.8) is 0 Å². The molecular weight excluding hydrogens is 308 g/mol. The molecule has 0 heterocycles. The summed E-state index contributed by atoms with van der Waals surface area (Å²) < 4.78 is 27.1. The number of benzene rings is 2. The Labute approximate surface area is 138 Å². The topological polar surface area (TPSA) is 61.2 Å². The summed E-state index contributed by atoms with van der Waals surface area (Å²) in [5.41, 5.74) is 3.45. The summed E-state index contributed by atoms with van der Waals surface area (Å²) >= 11 is 0. The Morgan fingerprint density at radius 1 is 1.04 bits per heavy atom. The largest absolute Gasteiger partial charge is 0.243 e. The van der Waals surface area contributed by atoms with E-state index in [4.69, 9.17) is 5.26 Å². The molecule has 0 aliphatic heterocycles. The fourth-order valence-electron chi connectivity index (χ4n) is 2.28. The van der Waals surface area contributed by atoms with Gasteiger partial charge in [0.1, 0.15) is 0 Å². The minimum absolute atomic E-state index is 0.289. The van der Waals surface area contributed by atoms with Gasteiger partial charge in [0.05, 0.1) is 16.5 Å². The van der Waals surface area contributed by atoms with Crippen molar-refractivity contribution in [1.82, 2.24) is 4.31 Å². The maximum atomic E-state index is 12.8. The van der Waals surface area contributed by atoms with Crippen LogP contribution in [0.4, 0.5) is 0 Å². The third kappa shape index (κ3) is 3.79. The molecule has 0 radical (unpaired) electrons. The number of rotatable bonds is 5. The minimum Gasteiger partial charge on any atom is -0.207 e. The molecule has 0 atom stereocenters. The zero-order valence-electron chi connectivity index (χ0n) is 13.6. The van der Waals surface area contributed by atoms with Crippen LogP contribution >= 0.6 is 0 Å². The highest BCUT2D eigenvalue weighted by Crippen LogP contribution is 2.21. The van der Waals surface area contributed by atoms with Gasteiger partial charge < -0.3 is 0 Å². The van der Waals surface area contributed by atoms with Crippen molar-refractivity contribution in [3.05, 3.63) is 64.7 Å². The molecule has 4 nitrogen and oxygen atoms in total. The average Bonchev–Trinajstić information content (AvgIpc) is 2.55. The van der Waals surface area contributed by atoms with E-state index in [2.05, 4.69) is 6.07 Å². The molecule has 120 valence electrons. The van der Waals surface area contributed by atoms with E-state index in [9.17, 15) is 8.42 Å². The maximum absolute atomic E-state index is 12.8. The van der Waals surface area contributed by atoms with Crippen LogP contribution in [0, 0.1) is 25.2 Å². The van der Waals surface area contributed by atoms with Gasteiger partial charge in [0.25, 0.3) is 0 Å². The van der Waals surface area contributed by atoms with E-state index in [1.54, 1.807) is 36.4 Å². The number of sulfonamides is 1. The predicted molar refractivity (Wildman–Crippen MR) is 90.3 cm³/mol. The zero-order valence-corrected chi connectivity index (χ0v) is 14.4. The third-order valence-corrected chi connectivity index (χ3v) is 5.83. The smallest absolute Gasteiger partial charge is 0.207 e. The molecule has 23 heavy (non-hydrogen) atoms. The minimum atomic E-state index is -3.54. The van der Waals surface area contributed by atoms with Crippen molar-refractivity contribution >= 4 is 10.0 Å². The second kappa shape index (κ2) is 6.95. The fourth-order valence-corrected chi connectivity index (χ4v) is 3.80. The first-order valence-electron chi connectivity index (χ1n) is 7.45. The summed E-state index contributed by atoms with van der Waals surface area (Å²) in [5, 5.41) is 8.83. The molecule has 2 rings (SSSR count). The van der Waals surface area contributed by atoms with E-state index >= 15 is 0 Å². The van der Waals surface area contributed by atoms with E-state index in [1.165, 1.54) is 4.31 Å². The van der Waals surface area contributed by atoms with Crippen LogP contribution in [0.1, 0.15) is 29.2 Å². The molecule has 0 aliphatic carbocycles. The van der Waals surface area contributed by atoms with Crippen molar-refractivity contribution in [3.8, 4) is 6.07 Å². The van der Waals surface area contributed by atoms with Crippen LogP contribution in [-0.4, -0.2) is 19.3 Å². The van der Waals surface area contributed by atoms with E-state index in [0.717, 1.165) is 16.7 Å². The highest BCUT2D eigenvalue weighted by Gasteiger charge is 2.23. The first-order valence-corrected chi connectivity index (χ1v) is 8.89. The van der Waals surface area contributed by atoms with Crippen LogP contribution in [0.3, 0.4) is 0 Å². The molecule has 0 spiro atoms. The standard InChI is InChI=1S/C18H20N2O2S/c1-4-20(13-17-8-6-16(12-19)7-9-17)23(21,22)18-10-5-14(2)15(3)11-18/h5-11H,4,13H2,1-3H3. The molecule has 0 unspecified atom stereocenters. The molecule has 0 saturated carbocycles. The molecule has 0 aliphatic rings. The van der Waals surface area contributed by atoms with Crippen LogP contribution in [0.5, 0.6) is 0 Å². The van der Waals surface area contributed by atoms with Crippen molar-refractivity contribution in [2.45, 2.75) is 32.2 Å². The zero-order chi connectivity index (χ0) is 17.0. The Morgan fingerprint density at radius 3 is 2.22 bits per heavy atom. The summed E-state index contributed by atoms with van der Waals surface area (Å²) in [6.45, 7) is 6.36. The van der Waals surface area contributed by atoms with Gasteiger partial charge in [0.2, 0.25) is 10.0 Å². The van der Waals surface area contributed by atoms with Gasteiger partial charge in [-0.1, -0.05) is 25.1 Å². The van der Waals surface area contributed by atoms with E-state index < -0.39 is 10.0 Å². The monoisotopic (exact) mass is 328 g/mol. The second-order valence-corrected chi connectivity index (χ2v) is 7.42. The van der Waals surface area contributed by atoms with Crippen molar-refractivity contribution < 1.29 is 8.42 Å². The average molecular weight is 328 g/mol. The Hall–Kier alpha value is -2.16. The van der Waals surface area contributed by atoms with Gasteiger partial charge in [0, 0.05) is 13.1 Å². The molecule has 0 saturated heterocycles. The Kier molecular flexibility index (Phi) is 5.19. The van der Waals surface area contributed by atoms with Crippen molar-refractivity contribution in [1.29, 1.82) is 5.26 Å². The fraction of sp³-hybridized carbons (Fsp3) is 0.278. The molecule has 0 aromatic heterocycles. The maximum Gasteiger partial charge on any atom is 0.243 e. The summed E-state index contributed by atoms with van der Waals surface area (Å²) in [4.78, 5) is 0.316. The van der Waals surface area contributed by atoms with Gasteiger partial charge in [-0.2, -0.15) is 9.57 Å². The van der Waals surface area contributed by atoms with E-state index in [1.807, 2.05) is 26.8 Å². The van der Waals surface area contributed by atoms with E-state index in [0.29, 0.717) is 17.0 Å². The lowest BCUT2D eigenvalue weighted by molar-refractivity contribution is 0.423. The molecule has 0 N–H and O–H groups in total. The summed E-state index contributed by atoms with van der Waals surface area (Å²) in [6.07, 6.45) is 0. The Balaban J connectivity index is 2.30. The molecule has 0 amide bonds. The van der Waals surface area contributed by atoms with Gasteiger partial charge in [-0.15, -0.1) is 0 Å². The van der Waals surface area contributed by atoms with Gasteiger partial charge in [-0.25, -0.2) is 8.42 Å². The van der Waals surface area contributed by atoms with Crippen molar-refractivity contribution in [2.24, 2.45) is 0 Å². The predicted octanol–water partition coefficient (Wildman–Crippen LogP) is 3.39. The van der Waals surface area contributed by atoms with Gasteiger partial charge in [0.15, 0.2) is 0 Å². The lowest BCUT2D eigenvalue weighted by Gasteiger charge is -2.21. The third-order valence-electron chi connectivity index (χ3n) is 3.91. The van der Waals surface area contributed by atoms with Crippen LogP contribution < -0.4 is 0 Å². The van der Waals surface area contributed by atoms with Crippen LogP contribution in [0.25, 0.3) is 0 Å². The van der Waals surface area contributed by atoms with Gasteiger partial charge in [-0.05, 0) is 54.8 Å². The molecule has 2 aromatic rings. The number of aryl methyl sites for hydroxylation is 2. The highest BCUT2D eigenvalue weighted by molar-refractivity contribution is 7.89. The van der Waals surface area contributed by atoms with Crippen LogP contribution in [-0.2, 0) is 16.6 Å².